The number of rotatable bonds is 2. The highest BCUT2D eigenvalue weighted by molar-refractivity contribution is 5.93. The molecule has 0 aromatic heterocycles. The van der Waals surface area contributed by atoms with Gasteiger partial charge in [-0.1, -0.05) is 36.4 Å². The Morgan fingerprint density at radius 2 is 1.72 bits per heavy atom. The number of carbonyl (C=O) groups excluding carboxylic acids is 1. The molecule has 4 aliphatic heterocycles. The third-order valence-electron chi connectivity index (χ3n) is 6.71. The van der Waals surface area contributed by atoms with Crippen molar-refractivity contribution in [3.63, 3.8) is 0 Å². The summed E-state index contributed by atoms with van der Waals surface area (Å²) in [6.07, 6.45) is 2.77. The number of hydrogen-bond acceptors (Lipinski definition) is 3. The number of aliphatic hydroxyl groups excluding tert-OH is 1. The van der Waals surface area contributed by atoms with Crippen LogP contribution in [-0.4, -0.2) is 47.0 Å². The SMILES string of the molecule is O=C(/C(O)=C1\CN2CCC1CC2)N1CCc2ccccc2C1c1ccc(F)cc1. The Morgan fingerprint density at radius 3 is 2.41 bits per heavy atom. The third-order valence-corrected chi connectivity index (χ3v) is 6.71. The molecule has 6 rings (SSSR count). The molecular formula is C24H25FN2O2. The summed E-state index contributed by atoms with van der Waals surface area (Å²) in [7, 11) is 0. The van der Waals surface area contributed by atoms with Crippen molar-refractivity contribution in [3.8, 4) is 0 Å². The van der Waals surface area contributed by atoms with Gasteiger partial charge in [0, 0.05) is 13.1 Å². The van der Waals surface area contributed by atoms with Crippen LogP contribution in [0, 0.1) is 11.7 Å². The summed E-state index contributed by atoms with van der Waals surface area (Å²) >= 11 is 0. The van der Waals surface area contributed by atoms with E-state index in [1.54, 1.807) is 17.0 Å². The maximum absolute atomic E-state index is 13.5. The monoisotopic (exact) mass is 392 g/mol. The summed E-state index contributed by atoms with van der Waals surface area (Å²) in [5.41, 5.74) is 3.99. The molecule has 29 heavy (non-hydrogen) atoms. The molecule has 1 amide bonds. The van der Waals surface area contributed by atoms with Crippen LogP contribution in [0.1, 0.15) is 35.6 Å². The summed E-state index contributed by atoms with van der Waals surface area (Å²) in [4.78, 5) is 17.5. The predicted molar refractivity (Wildman–Crippen MR) is 109 cm³/mol. The third kappa shape index (κ3) is 3.23. The Balaban J connectivity index is 1.54. The lowest BCUT2D eigenvalue weighted by Gasteiger charge is -2.42. The average Bonchev–Trinajstić information content (AvgIpc) is 2.78. The molecule has 0 radical (unpaired) electrons. The number of hydrogen-bond donors (Lipinski definition) is 1. The molecule has 3 saturated heterocycles. The average molecular weight is 392 g/mol. The Kier molecular flexibility index (Phi) is 4.63. The second-order valence-electron chi connectivity index (χ2n) is 8.33. The predicted octanol–water partition coefficient (Wildman–Crippen LogP) is 3.84. The summed E-state index contributed by atoms with van der Waals surface area (Å²) in [6.45, 7) is 3.31. The maximum atomic E-state index is 13.5. The van der Waals surface area contributed by atoms with Crippen molar-refractivity contribution in [2.75, 3.05) is 26.2 Å². The fourth-order valence-corrected chi connectivity index (χ4v) is 5.14. The number of benzene rings is 2. The second kappa shape index (κ2) is 7.30. The number of piperidine rings is 3. The number of amides is 1. The number of aliphatic hydroxyl groups is 1. The molecule has 1 N–H and O–H groups in total. The number of nitrogens with zero attached hydrogens (tertiary/aromatic N) is 2. The molecule has 0 saturated carbocycles. The minimum Gasteiger partial charge on any atom is -0.503 e. The van der Waals surface area contributed by atoms with Gasteiger partial charge in [-0.05, 0) is 72.7 Å². The van der Waals surface area contributed by atoms with Crippen molar-refractivity contribution in [2.45, 2.75) is 25.3 Å². The van der Waals surface area contributed by atoms with Gasteiger partial charge < -0.3 is 10.0 Å². The Labute approximate surface area is 170 Å². The molecule has 4 aliphatic rings. The summed E-state index contributed by atoms with van der Waals surface area (Å²) < 4.78 is 13.5. The van der Waals surface area contributed by atoms with E-state index in [1.807, 2.05) is 18.2 Å². The molecule has 1 atom stereocenters. The van der Waals surface area contributed by atoms with Crippen LogP contribution < -0.4 is 0 Å². The van der Waals surface area contributed by atoms with Crippen LogP contribution in [-0.2, 0) is 11.2 Å². The van der Waals surface area contributed by atoms with Crippen molar-refractivity contribution in [2.24, 2.45) is 5.92 Å². The van der Waals surface area contributed by atoms with Crippen LogP contribution in [0.5, 0.6) is 0 Å². The van der Waals surface area contributed by atoms with E-state index in [0.717, 1.165) is 49.1 Å². The van der Waals surface area contributed by atoms with Crippen molar-refractivity contribution >= 4 is 5.91 Å². The lowest BCUT2D eigenvalue weighted by atomic mass is 9.82. The van der Waals surface area contributed by atoms with Crippen LogP contribution in [0.3, 0.4) is 0 Å². The molecule has 2 aromatic rings. The van der Waals surface area contributed by atoms with Crippen molar-refractivity contribution in [3.05, 3.63) is 82.4 Å². The quantitative estimate of drug-likeness (QED) is 0.624. The minimum atomic E-state index is -0.322. The topological polar surface area (TPSA) is 43.8 Å². The lowest BCUT2D eigenvalue weighted by Crippen LogP contribution is -2.46. The van der Waals surface area contributed by atoms with Gasteiger partial charge in [0.15, 0.2) is 5.76 Å². The first-order chi connectivity index (χ1) is 14.1. The first-order valence-electron chi connectivity index (χ1n) is 10.4. The van der Waals surface area contributed by atoms with Gasteiger partial charge in [-0.15, -0.1) is 0 Å². The first-order valence-corrected chi connectivity index (χ1v) is 10.4. The Bertz CT molecular complexity index is 961. The summed E-state index contributed by atoms with van der Waals surface area (Å²) in [5, 5.41) is 11.0. The smallest absolute Gasteiger partial charge is 0.289 e. The molecule has 2 aromatic carbocycles. The highest BCUT2D eigenvalue weighted by Gasteiger charge is 2.38. The maximum Gasteiger partial charge on any atom is 0.289 e. The van der Waals surface area contributed by atoms with Crippen molar-refractivity contribution in [1.29, 1.82) is 0 Å². The Morgan fingerprint density at radius 1 is 1.00 bits per heavy atom. The number of fused-ring (bicyclic) bond motifs is 4. The second-order valence-corrected chi connectivity index (χ2v) is 8.33. The van der Waals surface area contributed by atoms with Gasteiger partial charge in [0.1, 0.15) is 5.82 Å². The highest BCUT2D eigenvalue weighted by atomic mass is 19.1. The standard InChI is InChI=1S/C24H25FN2O2/c25-19-7-5-18(6-8-19)22-20-4-2-1-3-16(20)11-14-27(22)24(29)23(28)21-15-26-12-9-17(21)10-13-26/h1-8,17,22,28H,9-15H2/b23-21-. The van der Waals surface area contributed by atoms with Crippen LogP contribution in [0.2, 0.25) is 0 Å². The van der Waals surface area contributed by atoms with Gasteiger partial charge in [-0.2, -0.15) is 0 Å². The zero-order valence-corrected chi connectivity index (χ0v) is 16.4. The Hall–Kier alpha value is -2.66. The molecule has 150 valence electrons. The van der Waals surface area contributed by atoms with E-state index in [-0.39, 0.29) is 23.5 Å². The fourth-order valence-electron chi connectivity index (χ4n) is 5.14. The van der Waals surface area contributed by atoms with Crippen LogP contribution >= 0.6 is 0 Å². The zero-order valence-electron chi connectivity index (χ0n) is 16.4. The molecule has 0 spiro atoms. The van der Waals surface area contributed by atoms with Crippen molar-refractivity contribution < 1.29 is 14.3 Å². The van der Waals surface area contributed by atoms with Crippen LogP contribution in [0.25, 0.3) is 0 Å². The molecule has 0 aliphatic carbocycles. The molecule has 4 heterocycles. The van der Waals surface area contributed by atoms with E-state index in [9.17, 15) is 14.3 Å². The van der Waals surface area contributed by atoms with E-state index in [4.69, 9.17) is 0 Å². The van der Waals surface area contributed by atoms with E-state index < -0.39 is 0 Å². The summed E-state index contributed by atoms with van der Waals surface area (Å²) in [5.74, 6) is -0.373. The van der Waals surface area contributed by atoms with Crippen LogP contribution in [0.4, 0.5) is 4.39 Å². The largest absolute Gasteiger partial charge is 0.503 e. The van der Waals surface area contributed by atoms with Gasteiger partial charge in [0.25, 0.3) is 5.91 Å². The fraction of sp³-hybridized carbons (Fsp3) is 0.375. The van der Waals surface area contributed by atoms with E-state index in [2.05, 4.69) is 11.0 Å². The number of carbonyl (C=O) groups is 1. The van der Waals surface area contributed by atoms with Gasteiger partial charge in [0.2, 0.25) is 0 Å². The molecule has 1 unspecified atom stereocenters. The number of halogens is 1. The minimum absolute atomic E-state index is 0.0779. The van der Waals surface area contributed by atoms with Gasteiger partial charge in [-0.25, -0.2) is 4.39 Å². The molecular weight excluding hydrogens is 367 g/mol. The van der Waals surface area contributed by atoms with E-state index in [0.29, 0.717) is 19.0 Å². The van der Waals surface area contributed by atoms with E-state index >= 15 is 0 Å². The zero-order chi connectivity index (χ0) is 20.0. The van der Waals surface area contributed by atoms with Crippen molar-refractivity contribution in [1.82, 2.24) is 9.80 Å². The molecule has 2 bridgehead atoms. The van der Waals surface area contributed by atoms with Gasteiger partial charge in [0.05, 0.1) is 6.04 Å². The van der Waals surface area contributed by atoms with Gasteiger partial charge in [-0.3, -0.25) is 9.69 Å². The van der Waals surface area contributed by atoms with E-state index in [1.165, 1.54) is 17.7 Å². The van der Waals surface area contributed by atoms with Gasteiger partial charge >= 0.3 is 0 Å². The summed E-state index contributed by atoms with van der Waals surface area (Å²) in [6, 6.07) is 14.1. The first kappa shape index (κ1) is 18.4. The molecule has 3 fully saturated rings. The highest BCUT2D eigenvalue weighted by Crippen LogP contribution is 2.38. The molecule has 4 nitrogen and oxygen atoms in total. The normalized spacial score (nSPS) is 27.5. The van der Waals surface area contributed by atoms with Crippen LogP contribution in [0.15, 0.2) is 59.9 Å². The molecule has 5 heteroatoms. The lowest BCUT2D eigenvalue weighted by molar-refractivity contribution is -0.132.